The summed E-state index contributed by atoms with van der Waals surface area (Å²) in [6.07, 6.45) is 0.289. The molecule has 0 radical (unpaired) electrons. The standard InChI is InChI=1S/C20H29F3N4/c1-2-24-19(26-13-16-10-12-27(14-16)18-7-8-18)25-11-9-15-3-5-17(6-4-15)20(21,22)23/h3-6,16,18H,2,7-14H2,1H3,(H2,24,25,26). The summed E-state index contributed by atoms with van der Waals surface area (Å²) in [5.41, 5.74) is 0.271. The van der Waals surface area contributed by atoms with Crippen LogP contribution < -0.4 is 10.6 Å². The van der Waals surface area contributed by atoms with E-state index in [2.05, 4.69) is 15.5 Å². The number of hydrogen-bond donors (Lipinski definition) is 2. The lowest BCUT2D eigenvalue weighted by Gasteiger charge is -2.15. The molecule has 4 nitrogen and oxygen atoms in total. The molecule has 1 aromatic rings. The van der Waals surface area contributed by atoms with Crippen molar-refractivity contribution in [1.29, 1.82) is 0 Å². The van der Waals surface area contributed by atoms with Crippen LogP contribution >= 0.6 is 0 Å². The highest BCUT2D eigenvalue weighted by Crippen LogP contribution is 2.31. The van der Waals surface area contributed by atoms with Gasteiger partial charge in [-0.15, -0.1) is 0 Å². The van der Waals surface area contributed by atoms with E-state index in [1.807, 2.05) is 6.92 Å². The highest BCUT2D eigenvalue weighted by Gasteiger charge is 2.34. The van der Waals surface area contributed by atoms with Gasteiger partial charge < -0.3 is 15.5 Å². The van der Waals surface area contributed by atoms with Crippen LogP contribution in [-0.2, 0) is 12.6 Å². The summed E-state index contributed by atoms with van der Waals surface area (Å²) in [6.45, 7) is 6.61. The third kappa shape index (κ3) is 6.13. The third-order valence-corrected chi connectivity index (χ3v) is 5.22. The van der Waals surface area contributed by atoms with Gasteiger partial charge in [0.2, 0.25) is 0 Å². The summed E-state index contributed by atoms with van der Waals surface area (Å²) in [5.74, 6) is 1.41. The van der Waals surface area contributed by atoms with Crippen molar-refractivity contribution >= 4 is 5.96 Å². The molecule has 1 saturated carbocycles. The Kier molecular flexibility index (Phi) is 6.63. The van der Waals surface area contributed by atoms with Gasteiger partial charge in [-0.25, -0.2) is 0 Å². The molecule has 1 saturated heterocycles. The first kappa shape index (κ1) is 20.0. The zero-order valence-electron chi connectivity index (χ0n) is 15.9. The molecule has 1 heterocycles. The number of rotatable bonds is 7. The molecule has 150 valence electrons. The van der Waals surface area contributed by atoms with Gasteiger partial charge in [-0.2, -0.15) is 13.2 Å². The molecule has 7 heteroatoms. The molecule has 0 bridgehead atoms. The number of halogens is 3. The van der Waals surface area contributed by atoms with E-state index in [4.69, 9.17) is 4.99 Å². The van der Waals surface area contributed by atoms with Crippen LogP contribution in [0.1, 0.15) is 37.3 Å². The highest BCUT2D eigenvalue weighted by molar-refractivity contribution is 5.79. The zero-order valence-corrected chi connectivity index (χ0v) is 15.9. The average molecular weight is 382 g/mol. The monoisotopic (exact) mass is 382 g/mol. The fourth-order valence-corrected chi connectivity index (χ4v) is 3.53. The third-order valence-electron chi connectivity index (χ3n) is 5.22. The predicted octanol–water partition coefficient (Wildman–Crippen LogP) is 3.29. The SMILES string of the molecule is CCNC(=NCC1CCN(C2CC2)C1)NCCc1ccc(C(F)(F)F)cc1. The Morgan fingerprint density at radius 1 is 1.15 bits per heavy atom. The molecule has 3 rings (SSSR count). The molecule has 0 spiro atoms. The molecule has 2 N–H and O–H groups in total. The van der Waals surface area contributed by atoms with Crippen molar-refractivity contribution in [2.75, 3.05) is 32.7 Å². The Balaban J connectivity index is 1.43. The zero-order chi connectivity index (χ0) is 19.3. The van der Waals surface area contributed by atoms with Crippen molar-refractivity contribution in [3.63, 3.8) is 0 Å². The number of hydrogen-bond acceptors (Lipinski definition) is 2. The Labute approximate surface area is 159 Å². The summed E-state index contributed by atoms with van der Waals surface area (Å²) >= 11 is 0. The highest BCUT2D eigenvalue weighted by atomic mass is 19.4. The van der Waals surface area contributed by atoms with E-state index in [9.17, 15) is 13.2 Å². The number of alkyl halides is 3. The number of likely N-dealkylation sites (tertiary alicyclic amines) is 1. The van der Waals surface area contributed by atoms with E-state index in [0.717, 1.165) is 49.3 Å². The number of aliphatic imine (C=N–C) groups is 1. The summed E-state index contributed by atoms with van der Waals surface area (Å²) in [4.78, 5) is 7.29. The van der Waals surface area contributed by atoms with Gasteiger partial charge in [0.15, 0.2) is 5.96 Å². The molecule has 0 aromatic heterocycles. The van der Waals surface area contributed by atoms with Crippen molar-refractivity contribution in [2.45, 2.75) is 44.8 Å². The maximum atomic E-state index is 12.6. The number of nitrogens with zero attached hydrogens (tertiary/aromatic N) is 2. The first-order valence-corrected chi connectivity index (χ1v) is 9.88. The lowest BCUT2D eigenvalue weighted by atomic mass is 10.1. The van der Waals surface area contributed by atoms with Crippen LogP contribution in [0.3, 0.4) is 0 Å². The lowest BCUT2D eigenvalue weighted by molar-refractivity contribution is -0.137. The second-order valence-corrected chi connectivity index (χ2v) is 7.47. The summed E-state index contributed by atoms with van der Waals surface area (Å²) < 4.78 is 37.8. The van der Waals surface area contributed by atoms with Crippen LogP contribution in [0.5, 0.6) is 0 Å². The molecule has 2 aliphatic rings. The smallest absolute Gasteiger partial charge is 0.357 e. The van der Waals surface area contributed by atoms with Gasteiger partial charge in [0.05, 0.1) is 5.56 Å². The summed E-state index contributed by atoms with van der Waals surface area (Å²) in [6, 6.07) is 6.19. The van der Waals surface area contributed by atoms with Gasteiger partial charge in [-0.05, 0) is 62.8 Å². The topological polar surface area (TPSA) is 39.7 Å². The largest absolute Gasteiger partial charge is 0.416 e. The van der Waals surface area contributed by atoms with Crippen LogP contribution in [-0.4, -0.2) is 49.6 Å². The molecule has 1 aliphatic heterocycles. The van der Waals surface area contributed by atoms with Crippen LogP contribution in [0, 0.1) is 5.92 Å². The van der Waals surface area contributed by atoms with Crippen LogP contribution in [0.25, 0.3) is 0 Å². The molecule has 1 aromatic carbocycles. The van der Waals surface area contributed by atoms with E-state index in [-0.39, 0.29) is 0 Å². The number of guanidine groups is 1. The van der Waals surface area contributed by atoms with Crippen LogP contribution in [0.15, 0.2) is 29.3 Å². The van der Waals surface area contributed by atoms with Crippen molar-refractivity contribution in [1.82, 2.24) is 15.5 Å². The maximum Gasteiger partial charge on any atom is 0.416 e. The fraction of sp³-hybridized carbons (Fsp3) is 0.650. The van der Waals surface area contributed by atoms with Gasteiger partial charge in [-0.3, -0.25) is 4.99 Å². The maximum absolute atomic E-state index is 12.6. The molecule has 27 heavy (non-hydrogen) atoms. The molecular formula is C20H29F3N4. The minimum absolute atomic E-state index is 0.606. The Hall–Kier alpha value is -1.76. The second kappa shape index (κ2) is 8.95. The molecular weight excluding hydrogens is 353 g/mol. The van der Waals surface area contributed by atoms with Gasteiger partial charge in [-0.1, -0.05) is 12.1 Å². The van der Waals surface area contributed by atoms with Gasteiger partial charge in [0.1, 0.15) is 0 Å². The second-order valence-electron chi connectivity index (χ2n) is 7.47. The van der Waals surface area contributed by atoms with Gasteiger partial charge >= 0.3 is 6.18 Å². The summed E-state index contributed by atoms with van der Waals surface area (Å²) in [5, 5.41) is 6.53. The van der Waals surface area contributed by atoms with Gasteiger partial charge in [0, 0.05) is 32.2 Å². The minimum Gasteiger partial charge on any atom is -0.357 e. The Morgan fingerprint density at radius 3 is 2.52 bits per heavy atom. The van der Waals surface area contributed by atoms with Crippen LogP contribution in [0.4, 0.5) is 13.2 Å². The lowest BCUT2D eigenvalue weighted by Crippen LogP contribution is -2.38. The van der Waals surface area contributed by atoms with Crippen molar-refractivity contribution in [3.05, 3.63) is 35.4 Å². The molecule has 1 aliphatic carbocycles. The Bertz CT molecular complexity index is 623. The molecule has 0 amide bonds. The fourth-order valence-electron chi connectivity index (χ4n) is 3.53. The number of nitrogens with one attached hydrogen (secondary N) is 2. The quantitative estimate of drug-likeness (QED) is 0.562. The molecule has 2 fully saturated rings. The van der Waals surface area contributed by atoms with E-state index in [0.29, 0.717) is 18.9 Å². The van der Waals surface area contributed by atoms with E-state index < -0.39 is 11.7 Å². The average Bonchev–Trinajstić information content (AvgIpc) is 3.38. The molecule has 1 atom stereocenters. The predicted molar refractivity (Wildman–Crippen MR) is 102 cm³/mol. The first-order valence-electron chi connectivity index (χ1n) is 9.88. The summed E-state index contributed by atoms with van der Waals surface area (Å²) in [7, 11) is 0. The number of benzene rings is 1. The molecule has 1 unspecified atom stereocenters. The van der Waals surface area contributed by atoms with E-state index in [1.54, 1.807) is 12.1 Å². The minimum atomic E-state index is -4.28. The normalized spacial score (nSPS) is 21.5. The van der Waals surface area contributed by atoms with Crippen molar-refractivity contribution < 1.29 is 13.2 Å². The van der Waals surface area contributed by atoms with Crippen LogP contribution in [0.2, 0.25) is 0 Å². The van der Waals surface area contributed by atoms with Crippen molar-refractivity contribution in [3.8, 4) is 0 Å². The van der Waals surface area contributed by atoms with E-state index in [1.165, 1.54) is 25.8 Å². The first-order chi connectivity index (χ1) is 13.0. The van der Waals surface area contributed by atoms with Gasteiger partial charge in [0.25, 0.3) is 0 Å². The van der Waals surface area contributed by atoms with Crippen molar-refractivity contribution in [2.24, 2.45) is 10.9 Å². The Morgan fingerprint density at radius 2 is 1.89 bits per heavy atom. The van der Waals surface area contributed by atoms with E-state index >= 15 is 0 Å².